The summed E-state index contributed by atoms with van der Waals surface area (Å²) in [5.41, 5.74) is 12.8. The van der Waals surface area contributed by atoms with Gasteiger partial charge >= 0.3 is 0 Å². The molecule has 4 nitrogen and oxygen atoms in total. The van der Waals surface area contributed by atoms with Gasteiger partial charge in [-0.25, -0.2) is 0 Å². The Hall–Kier alpha value is -6.62. The van der Waals surface area contributed by atoms with Crippen molar-refractivity contribution in [2.45, 2.75) is 31.6 Å². The first kappa shape index (κ1) is 29.8. The van der Waals surface area contributed by atoms with Crippen molar-refractivity contribution < 1.29 is 0 Å². The van der Waals surface area contributed by atoms with Crippen LogP contribution in [0.3, 0.4) is 0 Å². The van der Waals surface area contributed by atoms with E-state index >= 15 is 0 Å². The summed E-state index contributed by atoms with van der Waals surface area (Å²) in [5.74, 6) is 0.493. The Morgan fingerprint density at radius 2 is 1.18 bits per heavy atom. The zero-order valence-corrected chi connectivity index (χ0v) is 30.3. The quantitative estimate of drug-likeness (QED) is 0.188. The minimum Gasteiger partial charge on any atom is -0.352 e. The van der Waals surface area contributed by atoms with Crippen LogP contribution in [0, 0.1) is 0 Å². The number of aromatic nitrogens is 2. The van der Waals surface area contributed by atoms with Gasteiger partial charge in [-0.2, -0.15) is 0 Å². The van der Waals surface area contributed by atoms with Gasteiger partial charge in [-0.1, -0.05) is 140 Å². The maximum absolute atomic E-state index is 4.23. The minimum absolute atomic E-state index is 0.0141. The van der Waals surface area contributed by atoms with E-state index in [0.717, 1.165) is 12.1 Å². The van der Waals surface area contributed by atoms with Gasteiger partial charge < -0.3 is 14.3 Å². The third kappa shape index (κ3) is 3.84. The summed E-state index contributed by atoms with van der Waals surface area (Å²) >= 11 is 0. The predicted molar refractivity (Wildman–Crippen MR) is 232 cm³/mol. The topological polar surface area (TPSA) is 33.4 Å². The Bertz CT molecular complexity index is 3450. The molecule has 1 aliphatic carbocycles. The molecule has 2 aliphatic rings. The molecular weight excluding hydrogens is 669 g/mol. The van der Waals surface area contributed by atoms with Gasteiger partial charge in [-0.15, -0.1) is 0 Å². The van der Waals surface area contributed by atoms with E-state index in [-0.39, 0.29) is 12.3 Å². The lowest BCUT2D eigenvalue weighted by atomic mass is 9.82. The number of hydrogen-bond acceptors (Lipinski definition) is 2. The third-order valence-corrected chi connectivity index (χ3v) is 12.9. The number of benzene rings is 8. The third-order valence-electron chi connectivity index (χ3n) is 12.9. The first-order valence-corrected chi connectivity index (χ1v) is 19.6. The molecule has 0 bridgehead atoms. The molecule has 0 amide bonds. The number of anilines is 1. The number of fused-ring (bicyclic) bond motifs is 16. The maximum atomic E-state index is 4.23. The number of allylic oxidation sites excluding steroid dienone is 1. The summed E-state index contributed by atoms with van der Waals surface area (Å²) in [4.78, 5) is 0. The Balaban J connectivity index is 1.20. The van der Waals surface area contributed by atoms with Gasteiger partial charge in [0.05, 0.1) is 33.6 Å². The number of rotatable bonds is 2. The molecule has 3 aromatic heterocycles. The van der Waals surface area contributed by atoms with Crippen molar-refractivity contribution in [2.75, 3.05) is 5.32 Å². The van der Waals surface area contributed by atoms with Crippen LogP contribution >= 0.6 is 0 Å². The monoisotopic (exact) mass is 704 g/mol. The van der Waals surface area contributed by atoms with E-state index in [1.54, 1.807) is 0 Å². The molecule has 0 spiro atoms. The summed E-state index contributed by atoms with van der Waals surface area (Å²) < 4.78 is 5.18. The lowest BCUT2D eigenvalue weighted by Gasteiger charge is -2.37. The van der Waals surface area contributed by atoms with Crippen LogP contribution in [0.25, 0.3) is 87.5 Å². The lowest BCUT2D eigenvalue weighted by Crippen LogP contribution is -2.41. The van der Waals surface area contributed by atoms with E-state index in [1.807, 2.05) is 0 Å². The summed E-state index contributed by atoms with van der Waals surface area (Å²) in [6.45, 7) is 2.35. The largest absolute Gasteiger partial charge is 0.352 e. The number of nitrogens with one attached hydrogen (secondary N) is 2. The van der Waals surface area contributed by atoms with E-state index in [1.165, 1.54) is 104 Å². The molecule has 11 aromatic rings. The first-order chi connectivity index (χ1) is 27.2. The van der Waals surface area contributed by atoms with Crippen molar-refractivity contribution in [3.8, 4) is 0 Å². The van der Waals surface area contributed by atoms with E-state index in [4.69, 9.17) is 0 Å². The standard InChI is InChI=1S/C51H36N4/c1-29-13-10-21-33-32(29)20-11-22-36(33)47-38-18-6-8-25-42(38)52-51(53-47)55-43-26-9-7-19-39(43)45-34-16-4-5-17-35(34)46-40-24-12-23-37-41-27-30-14-2-3-15-31(30)28-44(41)54(48(37)40)49(46)50(45)55/h2-12,14-29,47,51-53H,13H2,1H3. The van der Waals surface area contributed by atoms with E-state index in [0.29, 0.717) is 5.92 Å². The summed E-state index contributed by atoms with van der Waals surface area (Å²) in [6.07, 6.45) is 5.55. The lowest BCUT2D eigenvalue weighted by molar-refractivity contribution is 0.416. The smallest absolute Gasteiger partial charge is 0.160 e. The van der Waals surface area contributed by atoms with Gasteiger partial charge in [-0.05, 0) is 80.4 Å². The van der Waals surface area contributed by atoms with Crippen LogP contribution in [-0.2, 0) is 0 Å². The molecule has 1 aliphatic heterocycles. The highest BCUT2D eigenvalue weighted by Crippen LogP contribution is 2.50. The first-order valence-electron chi connectivity index (χ1n) is 19.6. The average Bonchev–Trinajstić information content (AvgIpc) is 3.88. The molecule has 3 atom stereocenters. The van der Waals surface area contributed by atoms with Gasteiger partial charge in [-0.3, -0.25) is 5.32 Å². The van der Waals surface area contributed by atoms with Gasteiger partial charge in [0, 0.05) is 38.0 Å². The molecule has 260 valence electrons. The van der Waals surface area contributed by atoms with Crippen molar-refractivity contribution in [3.63, 3.8) is 0 Å². The van der Waals surface area contributed by atoms with Crippen LogP contribution in [0.2, 0.25) is 0 Å². The summed E-state index contributed by atoms with van der Waals surface area (Å²) in [7, 11) is 0. The van der Waals surface area contributed by atoms with Crippen LogP contribution in [-0.4, -0.2) is 8.97 Å². The minimum atomic E-state index is -0.240. The second-order valence-electron chi connectivity index (χ2n) is 15.8. The SMILES string of the molecule is CC1CC=Cc2c1cccc2C1NC(n2c3ccccc3c3c4ccccc4c4c5cccc6c7cc8ccccc8cc7n(c65)c4c32)Nc2ccccc21. The molecule has 0 saturated heterocycles. The van der Waals surface area contributed by atoms with Gasteiger partial charge in [0.15, 0.2) is 6.29 Å². The van der Waals surface area contributed by atoms with Crippen LogP contribution in [0.4, 0.5) is 5.69 Å². The molecule has 0 radical (unpaired) electrons. The molecule has 55 heavy (non-hydrogen) atoms. The van der Waals surface area contributed by atoms with E-state index in [2.05, 4.69) is 184 Å². The molecule has 4 heterocycles. The molecule has 13 rings (SSSR count). The van der Waals surface area contributed by atoms with Crippen molar-refractivity contribution in [1.82, 2.24) is 14.3 Å². The second-order valence-corrected chi connectivity index (χ2v) is 15.8. The van der Waals surface area contributed by atoms with Crippen molar-refractivity contribution in [1.29, 1.82) is 0 Å². The van der Waals surface area contributed by atoms with Crippen LogP contribution in [0.1, 0.15) is 53.8 Å². The molecule has 8 aromatic carbocycles. The van der Waals surface area contributed by atoms with Crippen molar-refractivity contribution in [2.24, 2.45) is 0 Å². The van der Waals surface area contributed by atoms with Crippen LogP contribution < -0.4 is 10.6 Å². The van der Waals surface area contributed by atoms with Gasteiger partial charge in [0.2, 0.25) is 0 Å². The highest BCUT2D eigenvalue weighted by Gasteiger charge is 2.34. The van der Waals surface area contributed by atoms with E-state index < -0.39 is 0 Å². The normalized spacial score (nSPS) is 18.4. The number of nitrogens with zero attached hydrogens (tertiary/aromatic N) is 2. The summed E-state index contributed by atoms with van der Waals surface area (Å²) in [5, 5.41) is 21.1. The molecule has 2 N–H and O–H groups in total. The second kappa shape index (κ2) is 10.7. The Morgan fingerprint density at radius 1 is 0.527 bits per heavy atom. The molecule has 0 fully saturated rings. The van der Waals surface area contributed by atoms with Crippen LogP contribution in [0.15, 0.2) is 152 Å². The zero-order chi connectivity index (χ0) is 35.9. The Labute approximate surface area is 317 Å². The van der Waals surface area contributed by atoms with Crippen molar-refractivity contribution in [3.05, 3.63) is 174 Å². The molecule has 3 unspecified atom stereocenters. The number of para-hydroxylation sites is 3. The van der Waals surface area contributed by atoms with Crippen molar-refractivity contribution >= 4 is 93.2 Å². The predicted octanol–water partition coefficient (Wildman–Crippen LogP) is 13.0. The van der Waals surface area contributed by atoms with Gasteiger partial charge in [0.1, 0.15) is 0 Å². The fourth-order valence-electron chi connectivity index (χ4n) is 10.6. The highest BCUT2D eigenvalue weighted by atomic mass is 15.3. The molecule has 4 heteroatoms. The highest BCUT2D eigenvalue weighted by molar-refractivity contribution is 6.38. The average molecular weight is 705 g/mol. The molecule has 0 saturated carbocycles. The zero-order valence-electron chi connectivity index (χ0n) is 30.3. The van der Waals surface area contributed by atoms with E-state index in [9.17, 15) is 0 Å². The maximum Gasteiger partial charge on any atom is 0.160 e. The molecular formula is C51H36N4. The van der Waals surface area contributed by atoms with Crippen LogP contribution in [0.5, 0.6) is 0 Å². The fourth-order valence-corrected chi connectivity index (χ4v) is 10.6. The fraction of sp³-hybridized carbons (Fsp3) is 0.0980. The Morgan fingerprint density at radius 3 is 2.05 bits per heavy atom. The Kier molecular flexibility index (Phi) is 5.82. The van der Waals surface area contributed by atoms with Gasteiger partial charge in [0.25, 0.3) is 0 Å². The number of hydrogen-bond donors (Lipinski definition) is 2. The summed E-state index contributed by atoms with van der Waals surface area (Å²) in [6, 6.07) is 54.3.